The fraction of sp³-hybridized carbons (Fsp3) is 0.556. The van der Waals surface area contributed by atoms with Gasteiger partial charge in [-0.05, 0) is 21.5 Å². The fourth-order valence-corrected chi connectivity index (χ4v) is 77.9. The largest absolute Gasteiger partial charge is 0.466 e. The Kier molecular flexibility index (Phi) is 8.87. The fourth-order valence-electron chi connectivity index (χ4n) is 6.26. The van der Waals surface area contributed by atoms with Gasteiger partial charge in [0.1, 0.15) is 6.78 Å². The Labute approximate surface area is 224 Å². The zero-order valence-electron chi connectivity index (χ0n) is 25.0. The highest BCUT2D eigenvalue weighted by Gasteiger charge is 2.71. The molecule has 1 heterocycles. The van der Waals surface area contributed by atoms with E-state index in [1.807, 2.05) is 0 Å². The molecule has 1 atom stereocenters. The van der Waals surface area contributed by atoms with Gasteiger partial charge in [-0.25, -0.2) is 9.59 Å². The van der Waals surface area contributed by atoms with Crippen LogP contribution in [0.25, 0.3) is 5.20 Å². The summed E-state index contributed by atoms with van der Waals surface area (Å²) in [6, 6.07) is 10.9. The Hall–Kier alpha value is -1.06. The van der Waals surface area contributed by atoms with Crippen molar-refractivity contribution in [2.45, 2.75) is 79.7 Å². The average Bonchev–Trinajstić information content (AvgIpc) is 2.68. The molecule has 0 spiro atoms. The summed E-state index contributed by atoms with van der Waals surface area (Å²) in [6.45, 7) is 26.0. The molecule has 9 heteroatoms. The minimum Gasteiger partial charge on any atom is -0.466 e. The third kappa shape index (κ3) is 5.13. The summed E-state index contributed by atoms with van der Waals surface area (Å²) < 4.78 is 10.9. The second-order valence-corrected chi connectivity index (χ2v) is 52.2. The standard InChI is InChI=1S/C27H47O4PSi4/c1-27(2,3)24-22(20-18-16-15-17-19-20)36(34(9,10)11,35(12,13)14)32(24)21(25(28)30-4)23(26(29)31-5)33(6,7)8/h15-19H,1-14H3/b23-21-. The first-order valence-electron chi connectivity index (χ1n) is 12.7. The highest BCUT2D eigenvalue weighted by Crippen LogP contribution is 2.81. The zero-order valence-corrected chi connectivity index (χ0v) is 29.9. The summed E-state index contributed by atoms with van der Waals surface area (Å²) in [5, 5.41) is 4.27. The van der Waals surface area contributed by atoms with Gasteiger partial charge in [0.15, 0.2) is 0 Å². The molecule has 0 saturated carbocycles. The molecule has 1 aliphatic heterocycles. The summed E-state index contributed by atoms with van der Waals surface area (Å²) in [5.74, 6) is -0.682. The average molecular weight is 579 g/mol. The van der Waals surface area contributed by atoms with Gasteiger partial charge in [0.25, 0.3) is 0 Å². The molecule has 0 aliphatic carbocycles. The predicted molar refractivity (Wildman–Crippen MR) is 167 cm³/mol. The lowest BCUT2D eigenvalue weighted by molar-refractivity contribution is -0.138. The number of esters is 2. The molecule has 0 bridgehead atoms. The van der Waals surface area contributed by atoms with Gasteiger partial charge in [-0.15, -0.1) is 0 Å². The molecule has 1 aromatic rings. The van der Waals surface area contributed by atoms with Gasteiger partial charge in [0.05, 0.1) is 27.6 Å². The first kappa shape index (κ1) is 31.2. The number of ether oxygens (including phenoxy) is 2. The Bertz CT molecular complexity index is 1070. The molecule has 1 aliphatic rings. The number of carbonyl (C=O) groups excluding carboxylic acids is 2. The molecule has 36 heavy (non-hydrogen) atoms. The van der Waals surface area contributed by atoms with Gasteiger partial charge in [0.2, 0.25) is 0 Å². The van der Waals surface area contributed by atoms with E-state index in [2.05, 4.69) is 110 Å². The van der Waals surface area contributed by atoms with Gasteiger partial charge in [-0.2, -0.15) is 0 Å². The Balaban J connectivity index is 3.33. The number of allylic oxidation sites excluding steroid dienone is 1. The number of carbonyl (C=O) groups is 2. The molecular weight excluding hydrogens is 532 g/mol. The van der Waals surface area contributed by atoms with Gasteiger partial charge in [-0.1, -0.05) is 117 Å². The van der Waals surface area contributed by atoms with E-state index in [1.54, 1.807) is 5.20 Å². The quantitative estimate of drug-likeness (QED) is 0.144. The molecule has 1 aromatic carbocycles. The van der Waals surface area contributed by atoms with Crippen LogP contribution in [0.4, 0.5) is 0 Å². The molecule has 0 saturated heterocycles. The van der Waals surface area contributed by atoms with Crippen LogP contribution in [-0.4, -0.2) is 56.2 Å². The van der Waals surface area contributed by atoms with Crippen LogP contribution in [0, 0.1) is 5.41 Å². The second-order valence-electron chi connectivity index (χ2n) is 13.8. The summed E-state index contributed by atoms with van der Waals surface area (Å²) in [7, 11) is -4.12. The molecule has 2 rings (SSSR count). The van der Waals surface area contributed by atoms with E-state index in [1.165, 1.54) is 25.1 Å². The van der Waals surface area contributed by atoms with Gasteiger partial charge < -0.3 is 9.47 Å². The highest BCUT2D eigenvalue weighted by molar-refractivity contribution is 8.27. The van der Waals surface area contributed by atoms with Crippen molar-refractivity contribution in [2.75, 3.05) is 14.2 Å². The molecule has 1 unspecified atom stereocenters. The Morgan fingerprint density at radius 1 is 0.778 bits per heavy atom. The van der Waals surface area contributed by atoms with E-state index in [4.69, 9.17) is 9.47 Å². The third-order valence-electron chi connectivity index (χ3n) is 7.08. The first-order valence-corrected chi connectivity index (χ1v) is 29.4. The van der Waals surface area contributed by atoms with Crippen molar-refractivity contribution in [3.05, 3.63) is 51.7 Å². The van der Waals surface area contributed by atoms with Crippen LogP contribution in [-0.2, 0) is 19.1 Å². The number of hydrogen-bond donors (Lipinski definition) is 0. The lowest BCUT2D eigenvalue weighted by Gasteiger charge is -2.66. The van der Waals surface area contributed by atoms with Crippen LogP contribution >= 0.6 is 7.47 Å². The number of methoxy groups -OCH3 is 2. The Morgan fingerprint density at radius 2 is 1.22 bits per heavy atom. The van der Waals surface area contributed by atoms with Gasteiger partial charge in [-0.3, -0.25) is 0 Å². The zero-order chi connectivity index (χ0) is 28.1. The number of rotatable bonds is 7. The smallest absolute Gasteiger partial charge is 0.338 e. The van der Waals surface area contributed by atoms with Crippen molar-refractivity contribution in [1.82, 2.24) is 0 Å². The maximum atomic E-state index is 13.9. The van der Waals surface area contributed by atoms with E-state index in [9.17, 15) is 9.59 Å². The highest BCUT2D eigenvalue weighted by atomic mass is 31.5. The van der Waals surface area contributed by atoms with Crippen molar-refractivity contribution < 1.29 is 19.1 Å². The minimum atomic E-state index is -2.28. The van der Waals surface area contributed by atoms with Crippen LogP contribution in [0.2, 0.25) is 58.9 Å². The number of benzene rings is 1. The van der Waals surface area contributed by atoms with Crippen molar-refractivity contribution in [2.24, 2.45) is 5.41 Å². The normalized spacial score (nSPS) is 19.3. The van der Waals surface area contributed by atoms with Crippen LogP contribution in [0.15, 0.2) is 46.2 Å². The second kappa shape index (κ2) is 10.2. The van der Waals surface area contributed by atoms with Crippen molar-refractivity contribution in [3.63, 3.8) is 0 Å². The molecule has 200 valence electrons. The van der Waals surface area contributed by atoms with Crippen LogP contribution < -0.4 is 0 Å². The third-order valence-corrected chi connectivity index (χ3v) is 66.1. The molecule has 0 aromatic heterocycles. The minimum absolute atomic E-state index is 0.146. The first-order chi connectivity index (χ1) is 16.2. The van der Waals surface area contributed by atoms with Gasteiger partial charge >= 0.3 is 11.9 Å². The molecule has 0 fully saturated rings. The summed E-state index contributed by atoms with van der Waals surface area (Å²) in [6.07, 6.45) is 0. The lowest BCUT2D eigenvalue weighted by atomic mass is 9.94. The topological polar surface area (TPSA) is 52.6 Å². The summed E-state index contributed by atoms with van der Waals surface area (Å²) in [5.41, 5.74) is 1.17. The lowest BCUT2D eigenvalue weighted by Crippen LogP contribution is -2.75. The van der Waals surface area contributed by atoms with Crippen molar-refractivity contribution in [1.29, 1.82) is 0 Å². The van der Waals surface area contributed by atoms with Crippen LogP contribution in [0.3, 0.4) is 0 Å². The maximum Gasteiger partial charge on any atom is 0.338 e. The molecule has 0 radical (unpaired) electrons. The SMILES string of the molecule is COC(=O)/C(=C(\C(=O)OC)[Si](C)(C)C)P1C(C(C)(C)C)=C(c2ccccc2)[Si]1([Si](C)(C)C)[Si](C)(C)C. The van der Waals surface area contributed by atoms with E-state index in [0.717, 1.165) is 0 Å². The van der Waals surface area contributed by atoms with E-state index in [0.29, 0.717) is 10.5 Å². The van der Waals surface area contributed by atoms with Crippen molar-refractivity contribution in [3.8, 4) is 0 Å². The summed E-state index contributed by atoms with van der Waals surface area (Å²) in [4.78, 5) is 27.4. The van der Waals surface area contributed by atoms with Crippen molar-refractivity contribution >= 4 is 54.6 Å². The monoisotopic (exact) mass is 578 g/mol. The van der Waals surface area contributed by atoms with Gasteiger partial charge in [0, 0.05) is 20.4 Å². The number of hydrogen-bond acceptors (Lipinski definition) is 4. The Morgan fingerprint density at radius 3 is 1.56 bits per heavy atom. The van der Waals surface area contributed by atoms with E-state index < -0.39 is 37.5 Å². The summed E-state index contributed by atoms with van der Waals surface area (Å²) >= 11 is 0. The predicted octanol–water partition coefficient (Wildman–Crippen LogP) is 7.73. The van der Waals surface area contributed by atoms with Crippen LogP contribution in [0.5, 0.6) is 0 Å². The van der Waals surface area contributed by atoms with Crippen LogP contribution in [0.1, 0.15) is 26.3 Å². The molecular formula is C27H47O4PSi4. The molecule has 0 amide bonds. The molecule has 4 nitrogen and oxygen atoms in total. The van der Waals surface area contributed by atoms with E-state index >= 15 is 0 Å². The maximum absolute atomic E-state index is 13.9. The molecule has 0 N–H and O–H groups in total. The van der Waals surface area contributed by atoms with E-state index in [-0.39, 0.29) is 17.4 Å².